The second-order valence-electron chi connectivity index (χ2n) is 6.99. The maximum Gasteiger partial charge on any atom is 0.285 e. The second-order valence-corrected chi connectivity index (χ2v) is 6.99. The Bertz CT molecular complexity index is 1410. The fourth-order valence-electron chi connectivity index (χ4n) is 3.29. The number of fused-ring (bicyclic) bond motifs is 1. The summed E-state index contributed by atoms with van der Waals surface area (Å²) in [7, 11) is 0. The highest BCUT2D eigenvalue weighted by Crippen LogP contribution is 2.32. The quantitative estimate of drug-likeness (QED) is 0.386. The lowest BCUT2D eigenvalue weighted by Gasteiger charge is -2.19. The highest BCUT2D eigenvalue weighted by Gasteiger charge is 2.25. The van der Waals surface area contributed by atoms with Crippen molar-refractivity contribution in [3.8, 4) is 17.3 Å². The van der Waals surface area contributed by atoms with E-state index >= 15 is 0 Å². The molecule has 1 atom stereocenters. The van der Waals surface area contributed by atoms with E-state index in [0.717, 1.165) is 4.52 Å². The van der Waals surface area contributed by atoms with Gasteiger partial charge in [-0.1, -0.05) is 12.1 Å². The van der Waals surface area contributed by atoms with Crippen LogP contribution in [0.4, 0.5) is 35.1 Å². The minimum Gasteiger partial charge on any atom is -0.382 e. The summed E-state index contributed by atoms with van der Waals surface area (Å²) in [6, 6.07) is 6.48. The first-order valence-electron chi connectivity index (χ1n) is 9.42. The number of hydrogen-bond donors (Lipinski definition) is 3. The molecule has 0 radical (unpaired) electrons. The molecule has 3 heterocycles. The summed E-state index contributed by atoms with van der Waals surface area (Å²) < 4.78 is 55.7. The van der Waals surface area contributed by atoms with Gasteiger partial charge in [0.1, 0.15) is 23.3 Å². The molecule has 0 saturated heterocycles. The molecule has 0 bridgehead atoms. The molecule has 0 saturated carbocycles. The molecule has 4 aromatic rings. The Morgan fingerprint density at radius 2 is 1.91 bits per heavy atom. The molecule has 0 spiro atoms. The van der Waals surface area contributed by atoms with Gasteiger partial charge in [0.25, 0.3) is 6.43 Å². The Balaban J connectivity index is 1.90. The maximum atomic E-state index is 14.5. The fraction of sp³-hybridized carbons (Fsp3) is 0.150. The predicted octanol–water partition coefficient (Wildman–Crippen LogP) is 3.61. The van der Waals surface area contributed by atoms with E-state index in [-0.39, 0.29) is 34.4 Å². The Hall–Kier alpha value is -4.47. The molecule has 9 nitrogen and oxygen atoms in total. The van der Waals surface area contributed by atoms with Crippen molar-refractivity contribution in [1.82, 2.24) is 24.6 Å². The van der Waals surface area contributed by atoms with Crippen molar-refractivity contribution in [2.24, 2.45) is 0 Å². The van der Waals surface area contributed by atoms with Crippen molar-refractivity contribution in [3.63, 3.8) is 0 Å². The van der Waals surface area contributed by atoms with Crippen molar-refractivity contribution in [3.05, 3.63) is 58.9 Å². The van der Waals surface area contributed by atoms with Crippen molar-refractivity contribution in [2.45, 2.75) is 19.4 Å². The van der Waals surface area contributed by atoms with Crippen LogP contribution in [-0.4, -0.2) is 24.6 Å². The highest BCUT2D eigenvalue weighted by atomic mass is 19.3. The van der Waals surface area contributed by atoms with Crippen LogP contribution < -0.4 is 16.8 Å². The van der Waals surface area contributed by atoms with E-state index in [0.29, 0.717) is 5.56 Å². The Morgan fingerprint density at radius 1 is 1.15 bits per heavy atom. The van der Waals surface area contributed by atoms with Crippen LogP contribution in [0.3, 0.4) is 0 Å². The van der Waals surface area contributed by atoms with Gasteiger partial charge in [-0.05, 0) is 19.1 Å². The van der Waals surface area contributed by atoms with Crippen LogP contribution >= 0.6 is 0 Å². The summed E-state index contributed by atoms with van der Waals surface area (Å²) in [5.74, 6) is -2.17. The number of nitrogen functional groups attached to an aromatic ring is 2. The number of nitriles is 1. The summed E-state index contributed by atoms with van der Waals surface area (Å²) in [4.78, 5) is 11.9. The normalized spacial score (nSPS) is 12.2. The molecule has 0 aliphatic carbocycles. The Labute approximate surface area is 183 Å². The van der Waals surface area contributed by atoms with Gasteiger partial charge in [0.05, 0.1) is 11.7 Å². The first-order chi connectivity index (χ1) is 15.7. The lowest BCUT2D eigenvalue weighted by molar-refractivity contribution is 0.141. The minimum absolute atomic E-state index is 0.0141. The monoisotopic (exact) mass is 457 g/mol. The van der Waals surface area contributed by atoms with Gasteiger partial charge < -0.3 is 16.8 Å². The van der Waals surface area contributed by atoms with Crippen LogP contribution in [0.1, 0.15) is 36.2 Å². The number of nitrogens with one attached hydrogen (secondary N) is 1. The zero-order chi connectivity index (χ0) is 23.9. The van der Waals surface area contributed by atoms with Crippen LogP contribution in [0.25, 0.3) is 16.9 Å². The van der Waals surface area contributed by atoms with Gasteiger partial charge in [0.2, 0.25) is 5.95 Å². The second kappa shape index (κ2) is 8.23. The molecule has 13 heteroatoms. The van der Waals surface area contributed by atoms with Crippen molar-refractivity contribution >= 4 is 23.2 Å². The van der Waals surface area contributed by atoms with E-state index in [4.69, 9.17) is 11.5 Å². The van der Waals surface area contributed by atoms with Gasteiger partial charge in [0.15, 0.2) is 23.0 Å². The van der Waals surface area contributed by atoms with Gasteiger partial charge in [-0.2, -0.15) is 20.3 Å². The molecule has 4 rings (SSSR count). The molecule has 0 aliphatic heterocycles. The average molecular weight is 457 g/mol. The number of rotatable bonds is 5. The van der Waals surface area contributed by atoms with Crippen LogP contribution in [-0.2, 0) is 0 Å². The summed E-state index contributed by atoms with van der Waals surface area (Å²) in [5, 5.41) is 15.9. The number of nitrogens with two attached hydrogens (primary N) is 2. The Kier molecular flexibility index (Phi) is 5.42. The third-order valence-corrected chi connectivity index (χ3v) is 4.80. The van der Waals surface area contributed by atoms with Crippen LogP contribution in [0.5, 0.6) is 0 Å². The molecule has 168 valence electrons. The largest absolute Gasteiger partial charge is 0.382 e. The maximum absolute atomic E-state index is 14.5. The molecule has 1 aromatic carbocycles. The lowest BCUT2D eigenvalue weighted by atomic mass is 10.0. The van der Waals surface area contributed by atoms with Gasteiger partial charge in [-0.15, -0.1) is 0 Å². The molecule has 0 unspecified atom stereocenters. The summed E-state index contributed by atoms with van der Waals surface area (Å²) in [6.45, 7) is 1.63. The third kappa shape index (κ3) is 3.93. The predicted molar refractivity (Wildman–Crippen MR) is 111 cm³/mol. The molecule has 0 amide bonds. The first-order valence-corrected chi connectivity index (χ1v) is 9.42. The molecule has 5 N–H and O–H groups in total. The van der Waals surface area contributed by atoms with E-state index in [1.807, 2.05) is 6.07 Å². The van der Waals surface area contributed by atoms with Crippen molar-refractivity contribution < 1.29 is 17.6 Å². The Morgan fingerprint density at radius 3 is 2.58 bits per heavy atom. The summed E-state index contributed by atoms with van der Waals surface area (Å²) in [5.41, 5.74) is 10.5. The van der Waals surface area contributed by atoms with E-state index < -0.39 is 35.4 Å². The van der Waals surface area contributed by atoms with E-state index in [2.05, 4.69) is 25.4 Å². The third-order valence-electron chi connectivity index (χ3n) is 4.80. The summed E-state index contributed by atoms with van der Waals surface area (Å²) >= 11 is 0. The van der Waals surface area contributed by atoms with Crippen LogP contribution in [0, 0.1) is 23.0 Å². The molecule has 0 aliphatic rings. The minimum atomic E-state index is -3.16. The zero-order valence-corrected chi connectivity index (χ0v) is 16.9. The smallest absolute Gasteiger partial charge is 0.285 e. The number of aromatic nitrogens is 5. The standard InChI is InChI=1S/C20H15F4N9/c1-8(28-18-11(6-25)17(26)30-20(27)31-18)12-7-33-19(13(22)15(32-33)16(23)24)29-14(12)9-3-2-4-10(21)5-9/h2-5,7-8,16H,1H3,(H5,26,27,28,30,31)/t8-/m0/s1. The number of nitrogens with zero attached hydrogens (tertiary/aromatic N) is 6. The first kappa shape index (κ1) is 21.8. The molecule has 0 fully saturated rings. The number of anilines is 3. The number of halogens is 4. The lowest BCUT2D eigenvalue weighted by Crippen LogP contribution is -2.15. The van der Waals surface area contributed by atoms with Crippen molar-refractivity contribution in [2.75, 3.05) is 16.8 Å². The average Bonchev–Trinajstić information content (AvgIpc) is 3.08. The molecular weight excluding hydrogens is 442 g/mol. The topological polar surface area (TPSA) is 144 Å². The van der Waals surface area contributed by atoms with E-state index in [1.54, 1.807) is 6.92 Å². The van der Waals surface area contributed by atoms with Gasteiger partial charge >= 0.3 is 0 Å². The SMILES string of the molecule is C[C@H](Nc1nc(N)nc(N)c1C#N)c1cn2nc(C(F)F)c(F)c2nc1-c1cccc(F)c1. The molecule has 33 heavy (non-hydrogen) atoms. The van der Waals surface area contributed by atoms with Crippen molar-refractivity contribution in [1.29, 1.82) is 5.26 Å². The van der Waals surface area contributed by atoms with Crippen LogP contribution in [0.15, 0.2) is 30.5 Å². The van der Waals surface area contributed by atoms with Gasteiger partial charge in [-0.3, -0.25) is 0 Å². The van der Waals surface area contributed by atoms with Gasteiger partial charge in [-0.25, -0.2) is 27.1 Å². The number of hydrogen-bond acceptors (Lipinski definition) is 8. The highest BCUT2D eigenvalue weighted by molar-refractivity contribution is 5.69. The number of benzene rings is 1. The van der Waals surface area contributed by atoms with Crippen LogP contribution in [0.2, 0.25) is 0 Å². The van der Waals surface area contributed by atoms with Gasteiger partial charge in [0, 0.05) is 17.3 Å². The zero-order valence-electron chi connectivity index (χ0n) is 16.9. The fourth-order valence-corrected chi connectivity index (χ4v) is 3.29. The van der Waals surface area contributed by atoms with E-state index in [9.17, 15) is 22.8 Å². The summed E-state index contributed by atoms with van der Waals surface area (Å²) in [6.07, 6.45) is -1.87. The molecular formula is C20H15F4N9. The number of alkyl halides is 2. The molecule has 3 aromatic heterocycles. The van der Waals surface area contributed by atoms with E-state index in [1.165, 1.54) is 30.5 Å².